The number of carbonyl (C=O) groups excluding carboxylic acids is 3. The van der Waals surface area contributed by atoms with E-state index in [-0.39, 0.29) is 17.7 Å². The second-order valence-corrected chi connectivity index (χ2v) is 11.4. The molecule has 8 heteroatoms. The number of amides is 1. The Balaban J connectivity index is 1.50. The fourth-order valence-electron chi connectivity index (χ4n) is 4.88. The Morgan fingerprint density at radius 3 is 2.55 bits per heavy atom. The van der Waals surface area contributed by atoms with Crippen molar-refractivity contribution in [2.75, 3.05) is 6.61 Å². The van der Waals surface area contributed by atoms with Crippen LogP contribution in [0.2, 0.25) is 0 Å². The first-order valence-electron chi connectivity index (χ1n) is 14.4. The molecule has 1 fully saturated rings. The minimum Gasteiger partial charge on any atom is -0.489 e. The number of aromatic nitrogens is 1. The van der Waals surface area contributed by atoms with E-state index in [1.807, 2.05) is 73.0 Å². The lowest BCUT2D eigenvalue weighted by Crippen LogP contribution is -2.39. The van der Waals surface area contributed by atoms with Crippen molar-refractivity contribution in [1.29, 1.82) is 0 Å². The normalized spacial score (nSPS) is 16.5. The second-order valence-electron chi connectivity index (χ2n) is 10.5. The number of ketones is 1. The van der Waals surface area contributed by atoms with Crippen LogP contribution in [-0.4, -0.2) is 29.3 Å². The minimum atomic E-state index is -0.604. The molecule has 0 saturated heterocycles. The number of Topliss-reactive ketones (excluding diaryl/α,β-unsaturated/α-hetero) is 1. The fourth-order valence-corrected chi connectivity index (χ4v) is 5.71. The van der Waals surface area contributed by atoms with Crippen molar-refractivity contribution in [2.45, 2.75) is 65.5 Å². The molecule has 1 aliphatic rings. The summed E-state index contributed by atoms with van der Waals surface area (Å²) < 4.78 is 11.0. The van der Waals surface area contributed by atoms with Gasteiger partial charge in [0.25, 0.3) is 0 Å². The Labute approximate surface area is 251 Å². The molecule has 3 aromatic rings. The number of hydrogen-bond donors (Lipinski definition) is 1. The number of nitrogens with zero attached hydrogens (tertiary/aromatic N) is 1. The summed E-state index contributed by atoms with van der Waals surface area (Å²) in [6.07, 6.45) is 6.94. The lowest BCUT2D eigenvalue weighted by atomic mass is 9.87. The van der Waals surface area contributed by atoms with Gasteiger partial charge in [-0.05, 0) is 81.0 Å². The average Bonchev–Trinajstić information content (AvgIpc) is 3.45. The quantitative estimate of drug-likeness (QED) is 0.109. The van der Waals surface area contributed by atoms with Gasteiger partial charge in [-0.25, -0.2) is 9.78 Å². The molecule has 7 nitrogen and oxygen atoms in total. The molecule has 1 aliphatic carbocycles. The molecule has 1 amide bonds. The number of hydrogen-bond acceptors (Lipinski definition) is 7. The first-order chi connectivity index (χ1) is 20.3. The van der Waals surface area contributed by atoms with Crippen LogP contribution in [-0.2, 0) is 32.1 Å². The predicted octanol–water partition coefficient (Wildman–Crippen LogP) is 6.79. The molecule has 220 valence electrons. The summed E-state index contributed by atoms with van der Waals surface area (Å²) in [5.74, 6) is -0.406. The van der Waals surface area contributed by atoms with Gasteiger partial charge >= 0.3 is 5.97 Å². The molecule has 1 heterocycles. The fraction of sp³-hybridized carbons (Fsp3) is 0.353. The zero-order valence-corrected chi connectivity index (χ0v) is 25.2. The standard InChI is InChI=1S/C34H38N2O5S/c1-4-40-34(39)24(3)18-23(2)19-27-22-42-33(35-27)30(36-32(38)29-12-8-9-13-31(29)37)20-25-14-16-28(17-15-25)41-21-26-10-6-5-7-11-26/h5-7,10-11,14-19,22,29-30H,4,8-9,12-13,20-21H2,1-3H3,(H,36,38)/b23-19+,24-18-/t29?,30-/m0/s1. The van der Waals surface area contributed by atoms with Crippen molar-refractivity contribution >= 4 is 35.1 Å². The molecule has 0 bridgehead atoms. The number of carbonyl (C=O) groups is 3. The average molecular weight is 587 g/mol. The zero-order chi connectivity index (χ0) is 29.9. The third-order valence-corrected chi connectivity index (χ3v) is 8.03. The van der Waals surface area contributed by atoms with Crippen LogP contribution in [0.5, 0.6) is 5.75 Å². The number of nitrogens with one attached hydrogen (secondary N) is 1. The van der Waals surface area contributed by atoms with E-state index < -0.39 is 12.0 Å². The van der Waals surface area contributed by atoms with Gasteiger partial charge in [0.05, 0.1) is 24.3 Å². The predicted molar refractivity (Wildman–Crippen MR) is 165 cm³/mol. The van der Waals surface area contributed by atoms with Crippen LogP contribution in [0.1, 0.15) is 74.3 Å². The van der Waals surface area contributed by atoms with Gasteiger partial charge in [0.1, 0.15) is 23.1 Å². The van der Waals surface area contributed by atoms with Gasteiger partial charge in [-0.2, -0.15) is 0 Å². The molecule has 2 aromatic carbocycles. The maximum atomic E-state index is 13.2. The number of esters is 1. The van der Waals surface area contributed by atoms with Crippen molar-refractivity contribution in [3.8, 4) is 5.75 Å². The molecule has 1 unspecified atom stereocenters. The Morgan fingerprint density at radius 1 is 1.07 bits per heavy atom. The van der Waals surface area contributed by atoms with E-state index in [0.717, 1.165) is 46.0 Å². The maximum Gasteiger partial charge on any atom is 0.333 e. The molecule has 4 rings (SSSR count). The Bertz CT molecular complexity index is 1430. The van der Waals surface area contributed by atoms with Gasteiger partial charge in [0.15, 0.2) is 0 Å². The highest BCUT2D eigenvalue weighted by Gasteiger charge is 2.31. The third kappa shape index (κ3) is 8.98. The summed E-state index contributed by atoms with van der Waals surface area (Å²) in [5.41, 5.74) is 4.21. The van der Waals surface area contributed by atoms with Gasteiger partial charge in [-0.3, -0.25) is 9.59 Å². The third-order valence-electron chi connectivity index (χ3n) is 7.05. The summed E-state index contributed by atoms with van der Waals surface area (Å²) in [6, 6.07) is 17.4. The topological polar surface area (TPSA) is 94.6 Å². The SMILES string of the molecule is CCOC(=O)/C(C)=C\C(C)=C\c1csc([C@H](Cc2ccc(OCc3ccccc3)cc2)NC(=O)C2CCCCC2=O)n1. The molecule has 2 atom stereocenters. The Kier molecular flexibility index (Phi) is 11.2. The molecule has 1 N–H and O–H groups in total. The summed E-state index contributed by atoms with van der Waals surface area (Å²) in [7, 11) is 0. The highest BCUT2D eigenvalue weighted by atomic mass is 32.1. The summed E-state index contributed by atoms with van der Waals surface area (Å²) in [6.45, 7) is 6.20. The highest BCUT2D eigenvalue weighted by molar-refractivity contribution is 7.09. The van der Waals surface area contributed by atoms with Crippen LogP contribution in [0.4, 0.5) is 0 Å². The number of thiazole rings is 1. The molecule has 0 spiro atoms. The monoisotopic (exact) mass is 586 g/mol. The second kappa shape index (κ2) is 15.3. The first-order valence-corrected chi connectivity index (χ1v) is 15.3. The lowest BCUT2D eigenvalue weighted by Gasteiger charge is -2.23. The molecular formula is C34H38N2O5S. The van der Waals surface area contributed by atoms with E-state index in [0.29, 0.717) is 38.0 Å². The molecular weight excluding hydrogens is 548 g/mol. The highest BCUT2D eigenvalue weighted by Crippen LogP contribution is 2.27. The van der Waals surface area contributed by atoms with Crippen LogP contribution in [0.15, 0.2) is 77.2 Å². The van der Waals surface area contributed by atoms with Crippen LogP contribution in [0.3, 0.4) is 0 Å². The van der Waals surface area contributed by atoms with E-state index in [1.165, 1.54) is 11.3 Å². The number of benzene rings is 2. The number of allylic oxidation sites excluding steroid dienone is 2. The maximum absolute atomic E-state index is 13.2. The van der Waals surface area contributed by atoms with Crippen LogP contribution in [0.25, 0.3) is 6.08 Å². The van der Waals surface area contributed by atoms with E-state index in [1.54, 1.807) is 19.9 Å². The smallest absolute Gasteiger partial charge is 0.333 e. The molecule has 42 heavy (non-hydrogen) atoms. The van der Waals surface area contributed by atoms with Gasteiger partial charge in [0, 0.05) is 17.4 Å². The van der Waals surface area contributed by atoms with Crippen LogP contribution >= 0.6 is 11.3 Å². The van der Waals surface area contributed by atoms with E-state index in [9.17, 15) is 14.4 Å². The Hall–Kier alpha value is -4.04. The Morgan fingerprint density at radius 2 is 1.83 bits per heavy atom. The van der Waals surface area contributed by atoms with Crippen molar-refractivity contribution in [2.24, 2.45) is 5.92 Å². The molecule has 1 aromatic heterocycles. The van der Waals surface area contributed by atoms with Crippen LogP contribution < -0.4 is 10.1 Å². The van der Waals surface area contributed by atoms with Crippen molar-refractivity contribution in [3.05, 3.63) is 99.0 Å². The summed E-state index contributed by atoms with van der Waals surface area (Å²) in [5, 5.41) is 5.81. The van der Waals surface area contributed by atoms with Gasteiger partial charge < -0.3 is 14.8 Å². The lowest BCUT2D eigenvalue weighted by molar-refractivity contribution is -0.138. The van der Waals surface area contributed by atoms with Crippen molar-refractivity contribution in [1.82, 2.24) is 10.3 Å². The number of ether oxygens (including phenoxy) is 2. The van der Waals surface area contributed by atoms with Gasteiger partial charge in [-0.1, -0.05) is 48.9 Å². The number of rotatable bonds is 12. The zero-order valence-electron chi connectivity index (χ0n) is 24.4. The van der Waals surface area contributed by atoms with Crippen molar-refractivity contribution in [3.63, 3.8) is 0 Å². The van der Waals surface area contributed by atoms with E-state index in [4.69, 9.17) is 14.5 Å². The largest absolute Gasteiger partial charge is 0.489 e. The first kappa shape index (κ1) is 30.9. The van der Waals surface area contributed by atoms with Crippen molar-refractivity contribution < 1.29 is 23.9 Å². The summed E-state index contributed by atoms with van der Waals surface area (Å²) >= 11 is 1.46. The van der Waals surface area contributed by atoms with Gasteiger partial charge in [-0.15, -0.1) is 11.3 Å². The molecule has 0 radical (unpaired) electrons. The molecule has 1 saturated carbocycles. The molecule has 0 aliphatic heterocycles. The minimum absolute atomic E-state index is 0.0135. The van der Waals surface area contributed by atoms with Crippen LogP contribution in [0, 0.1) is 5.92 Å². The van der Waals surface area contributed by atoms with E-state index in [2.05, 4.69) is 5.32 Å². The van der Waals surface area contributed by atoms with Gasteiger partial charge in [0.2, 0.25) is 5.91 Å². The van der Waals surface area contributed by atoms with E-state index >= 15 is 0 Å². The summed E-state index contributed by atoms with van der Waals surface area (Å²) in [4.78, 5) is 42.5.